The number of nitrogens with zero attached hydrogens (tertiary/aromatic N) is 2. The molecule has 12 heteroatoms. The van der Waals surface area contributed by atoms with Gasteiger partial charge in [-0.05, 0) is 61.4 Å². The van der Waals surface area contributed by atoms with E-state index in [9.17, 15) is 31.5 Å². The van der Waals surface area contributed by atoms with Crippen LogP contribution < -0.4 is 10.1 Å². The molecular formula is C30H34F3N3O5S. The van der Waals surface area contributed by atoms with Crippen LogP contribution in [0.4, 0.5) is 23.7 Å². The first-order valence-corrected chi connectivity index (χ1v) is 14.8. The van der Waals surface area contributed by atoms with Crippen molar-refractivity contribution in [3.63, 3.8) is 0 Å². The second kappa shape index (κ2) is 12.3. The number of likely N-dealkylation sites (N-methyl/N-ethyl adjacent to an activating group) is 1. The number of alkyl halides is 3. The van der Waals surface area contributed by atoms with Crippen LogP contribution in [-0.2, 0) is 16.2 Å². The summed E-state index contributed by atoms with van der Waals surface area (Å²) in [5.41, 5.74) is 2.04. The Labute approximate surface area is 243 Å². The number of nitrogens with one attached hydrogen (secondary N) is 1. The van der Waals surface area contributed by atoms with Crippen molar-refractivity contribution < 1.29 is 36.2 Å². The lowest BCUT2D eigenvalue weighted by Crippen LogP contribution is -2.50. The fourth-order valence-corrected chi connectivity index (χ4v) is 6.51. The molecule has 1 aliphatic heterocycles. The van der Waals surface area contributed by atoms with Gasteiger partial charge < -0.3 is 20.1 Å². The number of ether oxygens (including phenoxy) is 1. The molecule has 4 rings (SSSR count). The lowest BCUT2D eigenvalue weighted by Gasteiger charge is -2.37. The molecule has 3 aromatic carbocycles. The molecule has 3 aromatic rings. The standard InChI is InChI=1S/C30H34F3N3O5S/c1-19-5-7-22(8-6-19)23-9-14-28-26(15-23)41-27(20(2)16-36(21(3)18-37)42(28,39)40)17-35(4)29(38)34-25-12-10-24(11-13-25)30(31,32)33/h5-15,20-21,27,37H,16-18H2,1-4H3,(H,34,38)/t20-,21-,27-/m1/s1. The van der Waals surface area contributed by atoms with Gasteiger partial charge in [0.2, 0.25) is 10.0 Å². The summed E-state index contributed by atoms with van der Waals surface area (Å²) in [6, 6.07) is 15.4. The van der Waals surface area contributed by atoms with Gasteiger partial charge in [0.15, 0.2) is 0 Å². The number of aliphatic hydroxyl groups excluding tert-OH is 1. The van der Waals surface area contributed by atoms with Crippen molar-refractivity contribution in [2.24, 2.45) is 5.92 Å². The summed E-state index contributed by atoms with van der Waals surface area (Å²) in [4.78, 5) is 14.2. The van der Waals surface area contributed by atoms with Gasteiger partial charge in [0, 0.05) is 31.2 Å². The summed E-state index contributed by atoms with van der Waals surface area (Å²) in [6.07, 6.45) is -5.15. The zero-order chi connectivity index (χ0) is 30.8. The van der Waals surface area contributed by atoms with Gasteiger partial charge >= 0.3 is 12.2 Å². The number of amides is 2. The van der Waals surface area contributed by atoms with Gasteiger partial charge in [0.05, 0.1) is 18.7 Å². The summed E-state index contributed by atoms with van der Waals surface area (Å²) in [5, 5.41) is 12.4. The lowest BCUT2D eigenvalue weighted by atomic mass is 10.0. The second-order valence-corrected chi connectivity index (χ2v) is 12.5. The summed E-state index contributed by atoms with van der Waals surface area (Å²) < 4.78 is 73.7. The van der Waals surface area contributed by atoms with E-state index in [2.05, 4.69) is 5.32 Å². The van der Waals surface area contributed by atoms with E-state index in [1.54, 1.807) is 26.0 Å². The van der Waals surface area contributed by atoms with E-state index in [4.69, 9.17) is 4.74 Å². The van der Waals surface area contributed by atoms with Crippen molar-refractivity contribution in [1.29, 1.82) is 0 Å². The number of fused-ring (bicyclic) bond motifs is 1. The molecule has 42 heavy (non-hydrogen) atoms. The number of aryl methyl sites for hydroxylation is 1. The fraction of sp³-hybridized carbons (Fsp3) is 0.367. The SMILES string of the molecule is Cc1ccc(-c2ccc3c(c2)O[C@H](CN(C)C(=O)Nc2ccc(C(F)(F)F)cc2)[C@H](C)CN([C@H](C)CO)S3(=O)=O)cc1. The number of anilines is 1. The van der Waals surface area contributed by atoms with E-state index in [1.165, 1.54) is 34.5 Å². The zero-order valence-electron chi connectivity index (χ0n) is 23.7. The Morgan fingerprint density at radius 1 is 1.10 bits per heavy atom. The lowest BCUT2D eigenvalue weighted by molar-refractivity contribution is -0.137. The molecule has 2 N–H and O–H groups in total. The van der Waals surface area contributed by atoms with E-state index >= 15 is 0 Å². The van der Waals surface area contributed by atoms with Gasteiger partial charge in [-0.2, -0.15) is 17.5 Å². The van der Waals surface area contributed by atoms with Gasteiger partial charge in [0.25, 0.3) is 0 Å². The van der Waals surface area contributed by atoms with Gasteiger partial charge in [-0.15, -0.1) is 0 Å². The Morgan fingerprint density at radius 3 is 2.31 bits per heavy atom. The summed E-state index contributed by atoms with van der Waals surface area (Å²) in [5.74, 6) is -0.289. The van der Waals surface area contributed by atoms with Crippen molar-refractivity contribution in [1.82, 2.24) is 9.21 Å². The van der Waals surface area contributed by atoms with Crippen LogP contribution in [0.2, 0.25) is 0 Å². The first-order valence-electron chi connectivity index (χ1n) is 13.4. The number of urea groups is 1. The Kier molecular flexibility index (Phi) is 9.19. The zero-order valence-corrected chi connectivity index (χ0v) is 24.5. The Balaban J connectivity index is 1.63. The van der Waals surface area contributed by atoms with Crippen LogP contribution in [0.3, 0.4) is 0 Å². The Hall–Kier alpha value is -3.61. The first kappa shape index (κ1) is 31.3. The molecule has 1 aliphatic rings. The van der Waals surface area contributed by atoms with Crippen LogP contribution in [0.15, 0.2) is 71.6 Å². The number of halogens is 3. The molecule has 0 aromatic heterocycles. The van der Waals surface area contributed by atoms with Crippen LogP contribution in [0, 0.1) is 12.8 Å². The number of carbonyl (C=O) groups excluding carboxylic acids is 1. The predicted molar refractivity (Wildman–Crippen MR) is 154 cm³/mol. The van der Waals surface area contributed by atoms with Gasteiger partial charge in [-0.3, -0.25) is 0 Å². The normalized spacial score (nSPS) is 19.5. The largest absolute Gasteiger partial charge is 0.487 e. The van der Waals surface area contributed by atoms with Crippen LogP contribution >= 0.6 is 0 Å². The topological polar surface area (TPSA) is 99.2 Å². The Morgan fingerprint density at radius 2 is 1.71 bits per heavy atom. The van der Waals surface area contributed by atoms with E-state index in [0.717, 1.165) is 28.8 Å². The van der Waals surface area contributed by atoms with Crippen molar-refractivity contribution >= 4 is 21.7 Å². The highest BCUT2D eigenvalue weighted by Gasteiger charge is 2.38. The monoisotopic (exact) mass is 605 g/mol. The predicted octanol–water partition coefficient (Wildman–Crippen LogP) is 5.61. The molecule has 0 aliphatic carbocycles. The quantitative estimate of drug-likeness (QED) is 0.381. The maximum absolute atomic E-state index is 13.7. The number of rotatable bonds is 6. The van der Waals surface area contributed by atoms with Crippen LogP contribution in [0.1, 0.15) is 25.0 Å². The summed E-state index contributed by atoms with van der Waals surface area (Å²) in [7, 11) is -2.52. The van der Waals surface area contributed by atoms with Crippen LogP contribution in [-0.4, -0.2) is 67.7 Å². The third-order valence-corrected chi connectivity index (χ3v) is 9.34. The number of aliphatic hydroxyl groups is 1. The molecule has 0 saturated carbocycles. The van der Waals surface area contributed by atoms with Gasteiger partial charge in [0.1, 0.15) is 16.7 Å². The highest BCUT2D eigenvalue weighted by atomic mass is 32.2. The minimum atomic E-state index is -4.49. The third kappa shape index (κ3) is 6.88. The van der Waals surface area contributed by atoms with E-state index < -0.39 is 45.9 Å². The number of carbonyl (C=O) groups is 1. The molecular weight excluding hydrogens is 571 g/mol. The minimum Gasteiger partial charge on any atom is -0.487 e. The molecule has 0 saturated heterocycles. The van der Waals surface area contributed by atoms with Gasteiger partial charge in [-0.25, -0.2) is 13.2 Å². The van der Waals surface area contributed by atoms with E-state index in [-0.39, 0.29) is 36.0 Å². The second-order valence-electron chi connectivity index (χ2n) is 10.7. The number of benzene rings is 3. The molecule has 0 radical (unpaired) electrons. The van der Waals surface area contributed by atoms with E-state index in [1.807, 2.05) is 31.2 Å². The summed E-state index contributed by atoms with van der Waals surface area (Å²) in [6.45, 7) is 5.07. The molecule has 3 atom stereocenters. The highest BCUT2D eigenvalue weighted by Crippen LogP contribution is 2.37. The maximum atomic E-state index is 13.7. The first-order chi connectivity index (χ1) is 19.7. The van der Waals surface area contributed by atoms with Crippen molar-refractivity contribution in [3.05, 3.63) is 77.9 Å². The third-order valence-electron chi connectivity index (χ3n) is 7.32. The molecule has 8 nitrogen and oxygen atoms in total. The number of hydrogen-bond donors (Lipinski definition) is 2. The Bertz CT molecular complexity index is 1510. The highest BCUT2D eigenvalue weighted by molar-refractivity contribution is 7.89. The fourth-order valence-electron chi connectivity index (χ4n) is 4.68. The van der Waals surface area contributed by atoms with Crippen LogP contribution in [0.25, 0.3) is 11.1 Å². The molecule has 0 spiro atoms. The molecule has 0 unspecified atom stereocenters. The van der Waals surface area contributed by atoms with E-state index in [0.29, 0.717) is 0 Å². The maximum Gasteiger partial charge on any atom is 0.416 e. The van der Waals surface area contributed by atoms with Crippen LogP contribution in [0.5, 0.6) is 5.75 Å². The average Bonchev–Trinajstić information content (AvgIpc) is 2.94. The molecule has 0 fully saturated rings. The number of sulfonamides is 1. The average molecular weight is 606 g/mol. The molecule has 1 heterocycles. The van der Waals surface area contributed by atoms with Gasteiger partial charge in [-0.1, -0.05) is 42.8 Å². The molecule has 2 amide bonds. The molecule has 0 bridgehead atoms. The number of hydrogen-bond acceptors (Lipinski definition) is 5. The van der Waals surface area contributed by atoms with Crippen molar-refractivity contribution in [2.75, 3.05) is 32.1 Å². The van der Waals surface area contributed by atoms with Crippen molar-refractivity contribution in [2.45, 2.75) is 44.0 Å². The summed E-state index contributed by atoms with van der Waals surface area (Å²) >= 11 is 0. The smallest absolute Gasteiger partial charge is 0.416 e. The van der Waals surface area contributed by atoms with Crippen molar-refractivity contribution in [3.8, 4) is 16.9 Å². The minimum absolute atomic E-state index is 0.0300. The molecule has 226 valence electrons.